The first-order valence-corrected chi connectivity index (χ1v) is 5.79. The van der Waals surface area contributed by atoms with Crippen molar-refractivity contribution in [2.24, 2.45) is 11.7 Å². The Morgan fingerprint density at radius 1 is 1.39 bits per heavy atom. The molecule has 0 heterocycles. The van der Waals surface area contributed by atoms with Crippen molar-refractivity contribution in [3.8, 4) is 0 Å². The lowest BCUT2D eigenvalue weighted by atomic mass is 9.92. The van der Waals surface area contributed by atoms with E-state index in [1.165, 1.54) is 12.1 Å². The second-order valence-electron chi connectivity index (χ2n) is 4.53. The molecule has 2 rings (SSSR count). The summed E-state index contributed by atoms with van der Waals surface area (Å²) in [5.41, 5.74) is 6.18. The molecule has 2 N–H and O–H groups in total. The van der Waals surface area contributed by atoms with Crippen molar-refractivity contribution in [2.45, 2.75) is 31.7 Å². The van der Waals surface area contributed by atoms with Crippen LogP contribution in [-0.4, -0.2) is 4.92 Å². The van der Waals surface area contributed by atoms with Gasteiger partial charge in [-0.25, -0.2) is 4.39 Å². The quantitative estimate of drug-likeness (QED) is 0.679. The van der Waals surface area contributed by atoms with Gasteiger partial charge in [0.05, 0.1) is 4.92 Å². The van der Waals surface area contributed by atoms with Crippen LogP contribution in [0.5, 0.6) is 0 Å². The first-order chi connectivity index (χ1) is 8.09. The highest BCUT2D eigenvalue weighted by molar-refractivity contribution is 5.85. The van der Waals surface area contributed by atoms with E-state index >= 15 is 0 Å². The fraction of sp³-hybridized carbons (Fsp3) is 0.500. The average molecular weight is 275 g/mol. The molecule has 1 atom stereocenters. The van der Waals surface area contributed by atoms with Crippen LogP contribution in [0.4, 0.5) is 10.1 Å². The molecule has 100 valence electrons. The van der Waals surface area contributed by atoms with Gasteiger partial charge in [0.2, 0.25) is 0 Å². The topological polar surface area (TPSA) is 69.2 Å². The summed E-state index contributed by atoms with van der Waals surface area (Å²) in [6.45, 7) is 0. The van der Waals surface area contributed by atoms with Crippen molar-refractivity contribution in [3.63, 3.8) is 0 Å². The van der Waals surface area contributed by atoms with Crippen LogP contribution in [0, 0.1) is 21.8 Å². The SMILES string of the molecule is Cl.N[C@H](c1cc([N+](=O)[O-])ccc1F)C1CCCC1. The number of nitro benzene ring substituents is 1. The van der Waals surface area contributed by atoms with Gasteiger partial charge in [-0.3, -0.25) is 10.1 Å². The van der Waals surface area contributed by atoms with E-state index in [9.17, 15) is 14.5 Å². The van der Waals surface area contributed by atoms with Gasteiger partial charge in [0.1, 0.15) is 5.82 Å². The number of hydrogen-bond donors (Lipinski definition) is 1. The Balaban J connectivity index is 0.00000162. The normalized spacial score (nSPS) is 17.2. The zero-order valence-electron chi connectivity index (χ0n) is 9.84. The van der Waals surface area contributed by atoms with E-state index in [2.05, 4.69) is 0 Å². The molecule has 1 aliphatic rings. The predicted molar refractivity (Wildman–Crippen MR) is 69.2 cm³/mol. The number of hydrogen-bond acceptors (Lipinski definition) is 3. The van der Waals surface area contributed by atoms with Crippen molar-refractivity contribution >= 4 is 18.1 Å². The fourth-order valence-corrected chi connectivity index (χ4v) is 2.47. The lowest BCUT2D eigenvalue weighted by Crippen LogP contribution is -2.20. The Kier molecular flexibility index (Phi) is 5.04. The summed E-state index contributed by atoms with van der Waals surface area (Å²) in [6, 6.07) is 3.12. The zero-order valence-corrected chi connectivity index (χ0v) is 10.7. The minimum atomic E-state index is -0.524. The monoisotopic (exact) mass is 274 g/mol. The molecule has 18 heavy (non-hydrogen) atoms. The van der Waals surface area contributed by atoms with E-state index in [0.29, 0.717) is 0 Å². The molecule has 1 aromatic rings. The third kappa shape index (κ3) is 2.97. The van der Waals surface area contributed by atoms with Crippen molar-refractivity contribution < 1.29 is 9.31 Å². The van der Waals surface area contributed by atoms with Crippen molar-refractivity contribution in [1.82, 2.24) is 0 Å². The van der Waals surface area contributed by atoms with Gasteiger partial charge >= 0.3 is 0 Å². The molecule has 6 heteroatoms. The van der Waals surface area contributed by atoms with Crippen LogP contribution < -0.4 is 5.73 Å². The van der Waals surface area contributed by atoms with Gasteiger partial charge in [0.15, 0.2) is 0 Å². The predicted octanol–water partition coefficient (Wildman–Crippen LogP) is 3.35. The Bertz CT molecular complexity index is 436. The van der Waals surface area contributed by atoms with E-state index in [-0.39, 0.29) is 29.6 Å². The van der Waals surface area contributed by atoms with E-state index in [0.717, 1.165) is 31.7 Å². The molecule has 1 fully saturated rings. The van der Waals surface area contributed by atoms with Gasteiger partial charge in [-0.2, -0.15) is 0 Å². The number of non-ortho nitro benzene ring substituents is 1. The summed E-state index contributed by atoms with van der Waals surface area (Å²) in [7, 11) is 0. The Morgan fingerprint density at radius 2 is 2.00 bits per heavy atom. The Morgan fingerprint density at radius 3 is 2.56 bits per heavy atom. The number of rotatable bonds is 3. The van der Waals surface area contributed by atoms with Crippen LogP contribution >= 0.6 is 12.4 Å². The van der Waals surface area contributed by atoms with Crippen LogP contribution in [0.1, 0.15) is 37.3 Å². The molecule has 0 saturated heterocycles. The maximum absolute atomic E-state index is 13.6. The molecule has 1 aromatic carbocycles. The summed E-state index contributed by atoms with van der Waals surface area (Å²) in [6.07, 6.45) is 4.16. The number of nitrogens with zero attached hydrogens (tertiary/aromatic N) is 1. The molecule has 1 saturated carbocycles. The number of halogens is 2. The maximum Gasteiger partial charge on any atom is 0.269 e. The van der Waals surface area contributed by atoms with Crippen molar-refractivity contribution in [1.29, 1.82) is 0 Å². The smallest absolute Gasteiger partial charge is 0.269 e. The lowest BCUT2D eigenvalue weighted by Gasteiger charge is -2.19. The highest BCUT2D eigenvalue weighted by atomic mass is 35.5. The van der Waals surface area contributed by atoms with Gasteiger partial charge in [-0.15, -0.1) is 12.4 Å². The van der Waals surface area contributed by atoms with Crippen LogP contribution in [0.2, 0.25) is 0 Å². The molecule has 0 radical (unpaired) electrons. The average Bonchev–Trinajstić information content (AvgIpc) is 2.81. The number of benzene rings is 1. The third-order valence-corrected chi connectivity index (χ3v) is 3.46. The third-order valence-electron chi connectivity index (χ3n) is 3.46. The number of nitro groups is 1. The first-order valence-electron chi connectivity index (χ1n) is 5.79. The van der Waals surface area contributed by atoms with Gasteiger partial charge in [0, 0.05) is 23.7 Å². The standard InChI is InChI=1S/C12H15FN2O2.ClH/c13-11-6-5-9(15(16)17)7-10(11)12(14)8-3-1-2-4-8;/h5-8,12H,1-4,14H2;1H/t12-;/m0./s1. The second kappa shape index (κ2) is 6.11. The van der Waals surface area contributed by atoms with Gasteiger partial charge < -0.3 is 5.73 Å². The summed E-state index contributed by atoms with van der Waals surface area (Å²) < 4.78 is 13.6. The van der Waals surface area contributed by atoms with E-state index in [1.54, 1.807) is 0 Å². The largest absolute Gasteiger partial charge is 0.324 e. The first kappa shape index (κ1) is 14.9. The molecular formula is C12H16ClFN2O2. The van der Waals surface area contributed by atoms with Crippen LogP contribution in [0.3, 0.4) is 0 Å². The molecule has 0 amide bonds. The summed E-state index contributed by atoms with van der Waals surface area (Å²) in [4.78, 5) is 10.1. The van der Waals surface area contributed by atoms with Crippen molar-refractivity contribution in [3.05, 3.63) is 39.7 Å². The van der Waals surface area contributed by atoms with E-state index < -0.39 is 16.8 Å². The molecule has 0 bridgehead atoms. The van der Waals surface area contributed by atoms with Gasteiger partial charge in [-0.05, 0) is 24.8 Å². The van der Waals surface area contributed by atoms with Crippen LogP contribution in [0.25, 0.3) is 0 Å². The summed E-state index contributed by atoms with van der Waals surface area (Å²) in [5.74, 6) is -0.207. The minimum Gasteiger partial charge on any atom is -0.324 e. The molecule has 0 spiro atoms. The second-order valence-corrected chi connectivity index (χ2v) is 4.53. The lowest BCUT2D eigenvalue weighted by molar-refractivity contribution is -0.385. The van der Waals surface area contributed by atoms with Crippen LogP contribution in [-0.2, 0) is 0 Å². The Labute approximate surface area is 111 Å². The molecular weight excluding hydrogens is 259 g/mol. The maximum atomic E-state index is 13.6. The van der Waals surface area contributed by atoms with Gasteiger partial charge in [0.25, 0.3) is 5.69 Å². The number of nitrogens with two attached hydrogens (primary N) is 1. The zero-order chi connectivity index (χ0) is 12.4. The molecule has 0 unspecified atom stereocenters. The Hall–Kier alpha value is -1.20. The van der Waals surface area contributed by atoms with Crippen molar-refractivity contribution in [2.75, 3.05) is 0 Å². The minimum absolute atomic E-state index is 0. The fourth-order valence-electron chi connectivity index (χ4n) is 2.47. The van der Waals surface area contributed by atoms with Crippen LogP contribution in [0.15, 0.2) is 18.2 Å². The van der Waals surface area contributed by atoms with E-state index in [1.807, 2.05) is 0 Å². The summed E-state index contributed by atoms with van der Waals surface area (Å²) >= 11 is 0. The highest BCUT2D eigenvalue weighted by Gasteiger charge is 2.26. The molecule has 0 aliphatic heterocycles. The summed E-state index contributed by atoms with van der Waals surface area (Å²) in [5, 5.41) is 10.7. The highest BCUT2D eigenvalue weighted by Crippen LogP contribution is 2.35. The molecule has 4 nitrogen and oxygen atoms in total. The molecule has 0 aromatic heterocycles. The van der Waals surface area contributed by atoms with Gasteiger partial charge in [-0.1, -0.05) is 12.8 Å². The van der Waals surface area contributed by atoms with E-state index in [4.69, 9.17) is 5.73 Å². The molecule has 1 aliphatic carbocycles.